The van der Waals surface area contributed by atoms with Crippen LogP contribution in [0.1, 0.15) is 11.7 Å². The minimum atomic E-state index is -0.323. The van der Waals surface area contributed by atoms with Gasteiger partial charge in [-0.1, -0.05) is 42.5 Å². The Labute approximate surface area is 134 Å². The van der Waals surface area contributed by atoms with Gasteiger partial charge < -0.3 is 16.4 Å². The fraction of sp³-hybridized carbons (Fsp3) is 0.111. The SMILES string of the molecule is CN1C(N)=Nc2nc(-c3cccc4ccccc34)ccc2C1N. The Kier molecular flexibility index (Phi) is 3.02. The molecule has 23 heavy (non-hydrogen) atoms. The van der Waals surface area contributed by atoms with E-state index in [9.17, 15) is 0 Å². The first-order valence-electron chi connectivity index (χ1n) is 7.47. The fourth-order valence-corrected chi connectivity index (χ4v) is 2.92. The Bertz CT molecular complexity index is 926. The average molecular weight is 303 g/mol. The van der Waals surface area contributed by atoms with Gasteiger partial charge in [-0.25, -0.2) is 4.98 Å². The minimum absolute atomic E-state index is 0.323. The summed E-state index contributed by atoms with van der Waals surface area (Å²) in [5, 5.41) is 2.35. The van der Waals surface area contributed by atoms with E-state index in [1.807, 2.05) is 37.4 Å². The van der Waals surface area contributed by atoms with Crippen LogP contribution in [-0.4, -0.2) is 22.9 Å². The second-order valence-corrected chi connectivity index (χ2v) is 5.66. The van der Waals surface area contributed by atoms with Gasteiger partial charge in [-0.2, -0.15) is 4.99 Å². The van der Waals surface area contributed by atoms with Crippen LogP contribution in [0, 0.1) is 0 Å². The summed E-state index contributed by atoms with van der Waals surface area (Å²) in [4.78, 5) is 10.8. The molecule has 0 saturated carbocycles. The third-order valence-corrected chi connectivity index (χ3v) is 4.29. The summed E-state index contributed by atoms with van der Waals surface area (Å²) in [6.07, 6.45) is -0.323. The zero-order valence-electron chi connectivity index (χ0n) is 12.8. The molecule has 0 spiro atoms. The molecule has 1 aliphatic heterocycles. The molecule has 0 amide bonds. The van der Waals surface area contributed by atoms with Crippen molar-refractivity contribution in [3.8, 4) is 11.3 Å². The molecular weight excluding hydrogens is 286 g/mol. The summed E-state index contributed by atoms with van der Waals surface area (Å²) < 4.78 is 0. The molecule has 5 heteroatoms. The molecule has 1 unspecified atom stereocenters. The van der Waals surface area contributed by atoms with Crippen LogP contribution < -0.4 is 11.5 Å². The molecule has 0 fully saturated rings. The lowest BCUT2D eigenvalue weighted by atomic mass is 10.0. The zero-order valence-corrected chi connectivity index (χ0v) is 12.8. The maximum Gasteiger partial charge on any atom is 0.199 e. The average Bonchev–Trinajstić information content (AvgIpc) is 2.59. The number of pyridine rings is 1. The van der Waals surface area contributed by atoms with E-state index in [0.717, 1.165) is 22.2 Å². The smallest absolute Gasteiger partial charge is 0.199 e. The van der Waals surface area contributed by atoms with Gasteiger partial charge in [0.15, 0.2) is 11.8 Å². The summed E-state index contributed by atoms with van der Waals surface area (Å²) in [5.41, 5.74) is 14.9. The van der Waals surface area contributed by atoms with Crippen LogP contribution >= 0.6 is 0 Å². The number of hydrogen-bond donors (Lipinski definition) is 2. The predicted octanol–water partition coefficient (Wildman–Crippen LogP) is 2.75. The van der Waals surface area contributed by atoms with E-state index in [0.29, 0.717) is 11.8 Å². The summed E-state index contributed by atoms with van der Waals surface area (Å²) >= 11 is 0. The quantitative estimate of drug-likeness (QED) is 0.724. The second kappa shape index (κ2) is 5.07. The molecule has 1 atom stereocenters. The molecule has 5 nitrogen and oxygen atoms in total. The Morgan fingerprint density at radius 2 is 1.78 bits per heavy atom. The van der Waals surface area contributed by atoms with Gasteiger partial charge in [0.25, 0.3) is 0 Å². The number of aliphatic imine (C=N–C) groups is 1. The molecule has 114 valence electrons. The molecule has 1 aromatic heterocycles. The van der Waals surface area contributed by atoms with Crippen molar-refractivity contribution < 1.29 is 0 Å². The van der Waals surface area contributed by atoms with Crippen LogP contribution in [0.25, 0.3) is 22.0 Å². The topological polar surface area (TPSA) is 80.5 Å². The van der Waals surface area contributed by atoms with Crippen LogP contribution in [-0.2, 0) is 0 Å². The van der Waals surface area contributed by atoms with Gasteiger partial charge in [0.05, 0.1) is 5.69 Å². The lowest BCUT2D eigenvalue weighted by molar-refractivity contribution is 0.374. The number of hydrogen-bond acceptors (Lipinski definition) is 5. The minimum Gasteiger partial charge on any atom is -0.369 e. The third-order valence-electron chi connectivity index (χ3n) is 4.29. The number of guanidine groups is 1. The molecule has 3 aromatic rings. The second-order valence-electron chi connectivity index (χ2n) is 5.66. The van der Waals surface area contributed by atoms with E-state index in [4.69, 9.17) is 16.5 Å². The van der Waals surface area contributed by atoms with Gasteiger partial charge in [0.1, 0.15) is 6.17 Å². The molecule has 4 rings (SSSR count). The van der Waals surface area contributed by atoms with Crippen molar-refractivity contribution in [2.24, 2.45) is 16.5 Å². The van der Waals surface area contributed by atoms with Gasteiger partial charge in [-0.3, -0.25) is 0 Å². The first-order chi connectivity index (χ1) is 11.1. The van der Waals surface area contributed by atoms with Crippen LogP contribution in [0.2, 0.25) is 0 Å². The Morgan fingerprint density at radius 1 is 1.00 bits per heavy atom. The predicted molar refractivity (Wildman–Crippen MR) is 93.2 cm³/mol. The number of nitrogens with two attached hydrogens (primary N) is 2. The highest BCUT2D eigenvalue weighted by molar-refractivity contribution is 5.96. The number of benzene rings is 2. The molecule has 0 bridgehead atoms. The van der Waals surface area contributed by atoms with Crippen LogP contribution in [0.5, 0.6) is 0 Å². The van der Waals surface area contributed by atoms with E-state index in [2.05, 4.69) is 29.3 Å². The maximum absolute atomic E-state index is 6.18. The third kappa shape index (κ3) is 2.13. The van der Waals surface area contributed by atoms with Gasteiger partial charge in [-0.05, 0) is 22.9 Å². The molecule has 2 heterocycles. The molecule has 0 radical (unpaired) electrons. The fourth-order valence-electron chi connectivity index (χ4n) is 2.92. The number of rotatable bonds is 1. The Hall–Kier alpha value is -2.92. The Morgan fingerprint density at radius 3 is 2.65 bits per heavy atom. The molecule has 4 N–H and O–H groups in total. The zero-order chi connectivity index (χ0) is 16.0. The van der Waals surface area contributed by atoms with Crippen molar-refractivity contribution in [1.82, 2.24) is 9.88 Å². The van der Waals surface area contributed by atoms with Gasteiger partial charge in [0.2, 0.25) is 0 Å². The van der Waals surface area contributed by atoms with E-state index >= 15 is 0 Å². The van der Waals surface area contributed by atoms with Gasteiger partial charge in [0, 0.05) is 18.2 Å². The van der Waals surface area contributed by atoms with Crippen molar-refractivity contribution in [1.29, 1.82) is 0 Å². The summed E-state index contributed by atoms with van der Waals surface area (Å²) in [5.74, 6) is 0.978. The normalized spacial score (nSPS) is 17.0. The van der Waals surface area contributed by atoms with Crippen molar-refractivity contribution in [2.75, 3.05) is 7.05 Å². The first kappa shape index (κ1) is 13.7. The Balaban J connectivity index is 1.91. The standard InChI is InChI=1S/C18H17N5/c1-23-16(19)14-9-10-15(21-17(14)22-18(23)20)13-8-4-6-11-5-2-3-7-12(11)13/h2-10,16H,19H2,1H3,(H2,20,21,22). The molecule has 2 aromatic carbocycles. The van der Waals surface area contributed by atoms with E-state index in [1.54, 1.807) is 4.90 Å². The van der Waals surface area contributed by atoms with Crippen LogP contribution in [0.3, 0.4) is 0 Å². The lowest BCUT2D eigenvalue weighted by Crippen LogP contribution is -2.43. The largest absolute Gasteiger partial charge is 0.369 e. The van der Waals surface area contributed by atoms with E-state index < -0.39 is 0 Å². The summed E-state index contributed by atoms with van der Waals surface area (Å²) in [7, 11) is 1.82. The molecule has 1 aliphatic rings. The highest BCUT2D eigenvalue weighted by atomic mass is 15.3. The molecular formula is C18H17N5. The number of fused-ring (bicyclic) bond motifs is 2. The first-order valence-corrected chi connectivity index (χ1v) is 7.47. The van der Waals surface area contributed by atoms with E-state index in [-0.39, 0.29) is 6.17 Å². The van der Waals surface area contributed by atoms with Crippen molar-refractivity contribution in [3.05, 3.63) is 60.2 Å². The molecule has 0 aliphatic carbocycles. The number of aromatic nitrogens is 1. The lowest BCUT2D eigenvalue weighted by Gasteiger charge is -2.30. The summed E-state index contributed by atoms with van der Waals surface area (Å²) in [6, 6.07) is 18.4. The van der Waals surface area contributed by atoms with Crippen LogP contribution in [0.15, 0.2) is 59.6 Å². The van der Waals surface area contributed by atoms with Crippen molar-refractivity contribution >= 4 is 22.5 Å². The van der Waals surface area contributed by atoms with Crippen molar-refractivity contribution in [3.63, 3.8) is 0 Å². The number of nitrogens with zero attached hydrogens (tertiary/aromatic N) is 3. The monoisotopic (exact) mass is 303 g/mol. The maximum atomic E-state index is 6.18. The van der Waals surface area contributed by atoms with Gasteiger partial charge in [-0.15, -0.1) is 0 Å². The highest BCUT2D eigenvalue weighted by Crippen LogP contribution is 2.33. The summed E-state index contributed by atoms with van der Waals surface area (Å²) in [6.45, 7) is 0. The highest BCUT2D eigenvalue weighted by Gasteiger charge is 2.24. The van der Waals surface area contributed by atoms with Gasteiger partial charge >= 0.3 is 0 Å². The van der Waals surface area contributed by atoms with Crippen LogP contribution in [0.4, 0.5) is 5.82 Å². The molecule has 0 saturated heterocycles. The van der Waals surface area contributed by atoms with E-state index in [1.165, 1.54) is 5.39 Å². The van der Waals surface area contributed by atoms with Crippen molar-refractivity contribution in [2.45, 2.75) is 6.17 Å².